The molecule has 0 heterocycles. The van der Waals surface area contributed by atoms with E-state index in [1.165, 1.54) is 44.9 Å². The van der Waals surface area contributed by atoms with Crippen LogP contribution in [0.25, 0.3) is 0 Å². The van der Waals surface area contributed by atoms with Crippen LogP contribution in [-0.4, -0.2) is 21.5 Å². The Labute approximate surface area is 196 Å². The first kappa shape index (κ1) is 23.7. The molecule has 1 N–H and O–H groups in total. The van der Waals surface area contributed by atoms with Crippen LogP contribution < -0.4 is 0 Å². The Morgan fingerprint density at radius 1 is 0.967 bits per heavy atom. The molecule has 4 aliphatic carbocycles. The summed E-state index contributed by atoms with van der Waals surface area (Å²) in [6, 6.07) is 0. The van der Waals surface area contributed by atoms with Crippen LogP contribution in [0.2, 0.25) is 0 Å². The molecule has 10 atom stereocenters. The third-order valence-electron chi connectivity index (χ3n) is 10.9. The second kappa shape index (κ2) is 8.39. The third kappa shape index (κ3) is 3.60. The number of aliphatic hydroxyl groups is 1. The number of hydrogen-bond donors (Lipinski definition) is 1. The van der Waals surface area contributed by atoms with Gasteiger partial charge >= 0.3 is 0 Å². The molecule has 174 valence electrons. The van der Waals surface area contributed by atoms with E-state index in [0.717, 1.165) is 49.4 Å². The molecule has 0 radical (unpaired) electrons. The van der Waals surface area contributed by atoms with Gasteiger partial charge < -0.3 is 5.11 Å². The van der Waals surface area contributed by atoms with Crippen LogP contribution in [0.5, 0.6) is 0 Å². The van der Waals surface area contributed by atoms with Gasteiger partial charge in [0.2, 0.25) is 0 Å². The van der Waals surface area contributed by atoms with E-state index in [2.05, 4.69) is 34.6 Å². The van der Waals surface area contributed by atoms with Crippen LogP contribution >= 0.6 is 23.2 Å². The molecular formula is C27H46Cl2O. The Bertz CT molecular complexity index is 622. The molecule has 0 bridgehead atoms. The molecule has 4 aliphatic rings. The van der Waals surface area contributed by atoms with E-state index >= 15 is 0 Å². The number of aliphatic hydroxyl groups excluding tert-OH is 1. The van der Waals surface area contributed by atoms with E-state index in [0.29, 0.717) is 17.3 Å². The lowest BCUT2D eigenvalue weighted by molar-refractivity contribution is -0.146. The van der Waals surface area contributed by atoms with Crippen LogP contribution in [0.15, 0.2) is 0 Å². The number of halogens is 2. The predicted molar refractivity (Wildman–Crippen MR) is 129 cm³/mol. The van der Waals surface area contributed by atoms with Crippen LogP contribution in [0, 0.1) is 46.3 Å². The van der Waals surface area contributed by atoms with Crippen molar-refractivity contribution < 1.29 is 5.11 Å². The summed E-state index contributed by atoms with van der Waals surface area (Å²) in [5.74, 6) is 4.60. The van der Waals surface area contributed by atoms with Crippen molar-refractivity contribution in [1.82, 2.24) is 0 Å². The van der Waals surface area contributed by atoms with Crippen molar-refractivity contribution in [2.24, 2.45) is 46.3 Å². The van der Waals surface area contributed by atoms with Crippen LogP contribution in [0.4, 0.5) is 0 Å². The third-order valence-corrected chi connectivity index (χ3v) is 12.1. The fraction of sp³-hybridized carbons (Fsp3) is 1.00. The second-order valence-corrected chi connectivity index (χ2v) is 14.1. The van der Waals surface area contributed by atoms with Gasteiger partial charge in [-0.15, -0.1) is 23.2 Å². The summed E-state index contributed by atoms with van der Waals surface area (Å²) in [5, 5.41) is 11.5. The van der Waals surface area contributed by atoms with Crippen molar-refractivity contribution in [2.75, 3.05) is 0 Å². The van der Waals surface area contributed by atoms with E-state index < -0.39 is 11.0 Å². The molecule has 0 aliphatic heterocycles. The highest BCUT2D eigenvalue weighted by atomic mass is 35.5. The lowest BCUT2D eigenvalue weighted by Crippen LogP contribution is -2.65. The normalized spacial score (nSPS) is 51.9. The van der Waals surface area contributed by atoms with Crippen molar-refractivity contribution in [3.8, 4) is 0 Å². The minimum absolute atomic E-state index is 0.0323. The van der Waals surface area contributed by atoms with Gasteiger partial charge in [0.05, 0.1) is 11.0 Å². The molecule has 4 fully saturated rings. The number of rotatable bonds is 5. The number of hydrogen-bond acceptors (Lipinski definition) is 1. The summed E-state index contributed by atoms with van der Waals surface area (Å²) in [6.07, 6.45) is 13.0. The van der Waals surface area contributed by atoms with Gasteiger partial charge in [0.1, 0.15) is 0 Å². The van der Waals surface area contributed by atoms with Gasteiger partial charge in [0.15, 0.2) is 0 Å². The Balaban J connectivity index is 1.53. The standard InChI is InChI=1S/C27H46Cl2O/c1-17(2)7-6-8-18(3)21-9-10-22-20-15-24(30)27(29)16-19(28)11-14-26(27,5)23(20)12-13-25(21,22)4/h17-24,30H,6-16H2,1-5H3/t18-,19+,20+,21-,22+,23+,24-,25-,26-,27+/m1/s1. The monoisotopic (exact) mass is 456 g/mol. The van der Waals surface area contributed by atoms with Crippen LogP contribution in [0.3, 0.4) is 0 Å². The highest BCUT2D eigenvalue weighted by Crippen LogP contribution is 2.70. The van der Waals surface area contributed by atoms with Gasteiger partial charge in [-0.2, -0.15) is 0 Å². The molecule has 0 saturated heterocycles. The molecule has 0 aromatic rings. The van der Waals surface area contributed by atoms with Crippen molar-refractivity contribution in [1.29, 1.82) is 0 Å². The van der Waals surface area contributed by atoms with Gasteiger partial charge in [-0.1, -0.05) is 53.9 Å². The first-order valence-electron chi connectivity index (χ1n) is 13.0. The van der Waals surface area contributed by atoms with E-state index in [9.17, 15) is 5.11 Å². The van der Waals surface area contributed by atoms with Crippen LogP contribution in [-0.2, 0) is 0 Å². The van der Waals surface area contributed by atoms with Gasteiger partial charge in [-0.3, -0.25) is 0 Å². The summed E-state index contributed by atoms with van der Waals surface area (Å²) in [4.78, 5) is -0.519. The summed E-state index contributed by atoms with van der Waals surface area (Å²) in [5.41, 5.74) is 0.495. The first-order chi connectivity index (χ1) is 14.0. The van der Waals surface area contributed by atoms with Crippen molar-refractivity contribution in [3.05, 3.63) is 0 Å². The Hall–Kier alpha value is 0.540. The van der Waals surface area contributed by atoms with Crippen molar-refractivity contribution in [2.45, 2.75) is 122 Å². The fourth-order valence-electron chi connectivity index (χ4n) is 9.21. The molecule has 0 unspecified atom stereocenters. The smallest absolute Gasteiger partial charge is 0.0775 e. The summed E-state index contributed by atoms with van der Waals surface area (Å²) < 4.78 is 0. The lowest BCUT2D eigenvalue weighted by atomic mass is 9.43. The molecule has 0 aromatic carbocycles. The van der Waals surface area contributed by atoms with E-state index in [1.807, 2.05) is 0 Å². The maximum absolute atomic E-state index is 11.3. The van der Waals surface area contributed by atoms with Gasteiger partial charge in [0, 0.05) is 5.38 Å². The van der Waals surface area contributed by atoms with E-state index in [4.69, 9.17) is 23.2 Å². The zero-order chi connectivity index (χ0) is 21.9. The largest absolute Gasteiger partial charge is 0.391 e. The minimum atomic E-state index is -0.519. The zero-order valence-corrected chi connectivity index (χ0v) is 21.6. The predicted octanol–water partition coefficient (Wildman–Crippen LogP) is 8.05. The molecule has 0 amide bonds. The average Bonchev–Trinajstić information content (AvgIpc) is 3.01. The van der Waals surface area contributed by atoms with E-state index in [-0.39, 0.29) is 10.8 Å². The summed E-state index contributed by atoms with van der Waals surface area (Å²) >= 11 is 13.8. The molecular weight excluding hydrogens is 411 g/mol. The molecule has 30 heavy (non-hydrogen) atoms. The van der Waals surface area contributed by atoms with Crippen molar-refractivity contribution >= 4 is 23.2 Å². The molecule has 1 nitrogen and oxygen atoms in total. The Morgan fingerprint density at radius 2 is 1.70 bits per heavy atom. The Kier molecular flexibility index (Phi) is 6.63. The topological polar surface area (TPSA) is 20.2 Å². The highest BCUT2D eigenvalue weighted by Gasteiger charge is 2.67. The van der Waals surface area contributed by atoms with Gasteiger partial charge in [-0.05, 0) is 97.7 Å². The molecule has 4 saturated carbocycles. The SMILES string of the molecule is CC(C)CCC[C@@H](C)[C@H]1CC[C@H]2[C@@H]3C[C@@H](O)[C@@]4(Cl)C[C@@H](Cl)CC[C@]4(C)[C@H]3CC[C@]12C. The summed E-state index contributed by atoms with van der Waals surface area (Å²) in [6.45, 7) is 12.3. The fourth-order valence-corrected chi connectivity index (χ4v) is 10.1. The van der Waals surface area contributed by atoms with E-state index in [1.54, 1.807) is 0 Å². The first-order valence-corrected chi connectivity index (χ1v) is 13.9. The molecule has 0 aromatic heterocycles. The lowest BCUT2D eigenvalue weighted by Gasteiger charge is -2.65. The maximum Gasteiger partial charge on any atom is 0.0775 e. The van der Waals surface area contributed by atoms with Gasteiger partial charge in [-0.25, -0.2) is 0 Å². The quantitative estimate of drug-likeness (QED) is 0.414. The minimum Gasteiger partial charge on any atom is -0.391 e. The number of fused-ring (bicyclic) bond motifs is 5. The maximum atomic E-state index is 11.3. The second-order valence-electron chi connectivity index (χ2n) is 12.8. The zero-order valence-electron chi connectivity index (χ0n) is 20.1. The van der Waals surface area contributed by atoms with Crippen LogP contribution in [0.1, 0.15) is 105 Å². The molecule has 3 heteroatoms. The summed E-state index contributed by atoms with van der Waals surface area (Å²) in [7, 11) is 0. The van der Waals surface area contributed by atoms with Crippen molar-refractivity contribution in [3.63, 3.8) is 0 Å². The average molecular weight is 458 g/mol. The highest BCUT2D eigenvalue weighted by molar-refractivity contribution is 6.27. The number of alkyl halides is 2. The van der Waals surface area contributed by atoms with Gasteiger partial charge in [0.25, 0.3) is 0 Å². The Morgan fingerprint density at radius 3 is 2.40 bits per heavy atom. The molecule has 0 spiro atoms. The molecule has 4 rings (SSSR count).